The van der Waals surface area contributed by atoms with Gasteiger partial charge in [0, 0.05) is 45.0 Å². The van der Waals surface area contributed by atoms with E-state index in [9.17, 15) is 9.18 Å². The van der Waals surface area contributed by atoms with Crippen LogP contribution in [0.4, 0.5) is 15.9 Å². The van der Waals surface area contributed by atoms with E-state index in [1.807, 2.05) is 18.7 Å². The summed E-state index contributed by atoms with van der Waals surface area (Å²) >= 11 is 1.46. The number of nitrogens with zero attached hydrogens (tertiary/aromatic N) is 5. The minimum atomic E-state index is -0.238. The molecule has 0 unspecified atom stereocenters. The second-order valence-electron chi connectivity index (χ2n) is 8.19. The molecule has 168 valence electrons. The third kappa shape index (κ3) is 3.91. The Hall–Kier alpha value is -2.78. The summed E-state index contributed by atoms with van der Waals surface area (Å²) in [6, 6.07) is 6.53. The molecule has 0 atom stereocenters. The van der Waals surface area contributed by atoms with Gasteiger partial charge in [-0.2, -0.15) is 0 Å². The fourth-order valence-electron chi connectivity index (χ4n) is 4.39. The molecule has 7 nitrogen and oxygen atoms in total. The highest BCUT2D eigenvalue weighted by atomic mass is 32.1. The minimum Gasteiger partial charge on any atom is -0.378 e. The lowest BCUT2D eigenvalue weighted by molar-refractivity contribution is 0.0751. The van der Waals surface area contributed by atoms with Crippen molar-refractivity contribution in [3.8, 4) is 0 Å². The molecule has 2 aliphatic heterocycles. The van der Waals surface area contributed by atoms with Crippen LogP contribution in [0.25, 0.3) is 10.2 Å². The number of thiophene rings is 1. The maximum Gasteiger partial charge on any atom is 0.264 e. The smallest absolute Gasteiger partial charge is 0.264 e. The van der Waals surface area contributed by atoms with Crippen molar-refractivity contribution >= 4 is 39.0 Å². The van der Waals surface area contributed by atoms with Crippen LogP contribution in [0.3, 0.4) is 0 Å². The van der Waals surface area contributed by atoms with Gasteiger partial charge in [0.05, 0.1) is 23.5 Å². The van der Waals surface area contributed by atoms with E-state index in [1.165, 1.54) is 23.5 Å². The summed E-state index contributed by atoms with van der Waals surface area (Å²) in [6.45, 7) is 9.53. The maximum atomic E-state index is 13.4. The van der Waals surface area contributed by atoms with Gasteiger partial charge in [-0.3, -0.25) is 4.79 Å². The number of hydrogen-bond acceptors (Lipinski definition) is 7. The Balaban J connectivity index is 1.38. The van der Waals surface area contributed by atoms with Crippen LogP contribution in [0.1, 0.15) is 21.1 Å². The molecule has 2 aliphatic rings. The maximum absolute atomic E-state index is 13.4. The predicted octanol–water partition coefficient (Wildman–Crippen LogP) is 3.25. The van der Waals surface area contributed by atoms with Gasteiger partial charge in [0.1, 0.15) is 22.3 Å². The lowest BCUT2D eigenvalue weighted by Crippen LogP contribution is -2.48. The number of hydrogen-bond donors (Lipinski definition) is 0. The summed E-state index contributed by atoms with van der Waals surface area (Å²) in [4.78, 5) is 30.7. The average molecular weight is 456 g/mol. The van der Waals surface area contributed by atoms with Crippen molar-refractivity contribution in [1.29, 1.82) is 0 Å². The first kappa shape index (κ1) is 21.1. The number of piperazine rings is 1. The van der Waals surface area contributed by atoms with Crippen LogP contribution >= 0.6 is 11.3 Å². The summed E-state index contributed by atoms with van der Waals surface area (Å²) in [6.07, 6.45) is 0. The van der Waals surface area contributed by atoms with Crippen LogP contribution < -0.4 is 9.80 Å². The van der Waals surface area contributed by atoms with Crippen LogP contribution in [-0.4, -0.2) is 73.3 Å². The monoisotopic (exact) mass is 455 g/mol. The van der Waals surface area contributed by atoms with Crippen molar-refractivity contribution in [2.24, 2.45) is 0 Å². The molecule has 1 aromatic carbocycles. The number of benzene rings is 1. The van der Waals surface area contributed by atoms with Gasteiger partial charge in [-0.05, 0) is 43.7 Å². The SMILES string of the molecule is Cc1nc(N2CCOCC2)c2c(C)c(C(=O)N3CCN(c4ccc(F)cc4)CC3)sc2n1. The van der Waals surface area contributed by atoms with E-state index in [4.69, 9.17) is 9.72 Å². The number of fused-ring (bicyclic) bond motifs is 1. The second kappa shape index (κ2) is 8.63. The minimum absolute atomic E-state index is 0.0508. The standard InChI is InChI=1S/C23H26FN5O2S/c1-15-19-21(28-11-13-31-14-12-28)25-16(2)26-22(19)32-20(15)23(30)29-9-7-27(8-10-29)18-5-3-17(24)4-6-18/h3-6H,7-14H2,1-2H3. The quantitative estimate of drug-likeness (QED) is 0.604. The molecule has 0 saturated carbocycles. The Labute approximate surface area is 190 Å². The number of halogens is 1. The molecule has 5 rings (SSSR count). The number of ether oxygens (including phenoxy) is 1. The number of carbonyl (C=O) groups is 1. The molecule has 0 spiro atoms. The summed E-state index contributed by atoms with van der Waals surface area (Å²) in [5, 5.41) is 0.982. The van der Waals surface area contributed by atoms with Crippen molar-refractivity contribution in [3.05, 3.63) is 46.3 Å². The van der Waals surface area contributed by atoms with Gasteiger partial charge < -0.3 is 19.4 Å². The first-order valence-corrected chi connectivity index (χ1v) is 11.7. The first-order valence-electron chi connectivity index (χ1n) is 10.9. The highest BCUT2D eigenvalue weighted by Gasteiger charge is 2.28. The van der Waals surface area contributed by atoms with Crippen molar-refractivity contribution < 1.29 is 13.9 Å². The van der Waals surface area contributed by atoms with Gasteiger partial charge in [0.15, 0.2) is 0 Å². The van der Waals surface area contributed by atoms with Gasteiger partial charge in [-0.25, -0.2) is 14.4 Å². The van der Waals surface area contributed by atoms with E-state index in [0.29, 0.717) is 32.1 Å². The van der Waals surface area contributed by atoms with Crippen LogP contribution in [0.5, 0.6) is 0 Å². The van der Waals surface area contributed by atoms with Crippen molar-refractivity contribution in [3.63, 3.8) is 0 Å². The lowest BCUT2D eigenvalue weighted by atomic mass is 10.1. The molecule has 0 N–H and O–H groups in total. The molecule has 0 aliphatic carbocycles. The number of aryl methyl sites for hydroxylation is 2. The van der Waals surface area contributed by atoms with Gasteiger partial charge in [0.2, 0.25) is 0 Å². The summed E-state index contributed by atoms with van der Waals surface area (Å²) in [5.41, 5.74) is 1.94. The number of rotatable bonds is 3. The van der Waals surface area contributed by atoms with Crippen LogP contribution in [-0.2, 0) is 4.74 Å². The van der Waals surface area contributed by atoms with Gasteiger partial charge in [0.25, 0.3) is 5.91 Å². The lowest BCUT2D eigenvalue weighted by Gasteiger charge is -2.36. The molecule has 0 bridgehead atoms. The van der Waals surface area contributed by atoms with Gasteiger partial charge in [-0.1, -0.05) is 0 Å². The van der Waals surface area contributed by atoms with Gasteiger partial charge >= 0.3 is 0 Å². The van der Waals surface area contributed by atoms with E-state index in [1.54, 1.807) is 12.1 Å². The largest absolute Gasteiger partial charge is 0.378 e. The Morgan fingerprint density at radius 2 is 1.66 bits per heavy atom. The zero-order valence-electron chi connectivity index (χ0n) is 18.3. The number of amides is 1. The van der Waals surface area contributed by atoms with Crippen LogP contribution in [0, 0.1) is 19.7 Å². The topological polar surface area (TPSA) is 61.8 Å². The summed E-state index contributed by atoms with van der Waals surface area (Å²) in [5.74, 6) is 1.43. The van der Waals surface area contributed by atoms with Crippen LogP contribution in [0.15, 0.2) is 24.3 Å². The van der Waals surface area contributed by atoms with E-state index < -0.39 is 0 Å². The van der Waals surface area contributed by atoms with Crippen molar-refractivity contribution in [1.82, 2.24) is 14.9 Å². The van der Waals surface area contributed by atoms with E-state index >= 15 is 0 Å². The van der Waals surface area contributed by atoms with Crippen LogP contribution in [0.2, 0.25) is 0 Å². The zero-order valence-corrected chi connectivity index (χ0v) is 19.1. The van der Waals surface area contributed by atoms with Crippen molar-refractivity contribution in [2.45, 2.75) is 13.8 Å². The third-order valence-corrected chi connectivity index (χ3v) is 7.32. The average Bonchev–Trinajstić information content (AvgIpc) is 3.15. The Kier molecular flexibility index (Phi) is 5.69. The van der Waals surface area contributed by atoms with E-state index in [0.717, 1.165) is 58.3 Å². The molecule has 2 saturated heterocycles. The summed E-state index contributed by atoms with van der Waals surface area (Å²) < 4.78 is 18.7. The van der Waals surface area contributed by atoms with E-state index in [2.05, 4.69) is 14.8 Å². The number of anilines is 2. The molecular weight excluding hydrogens is 429 g/mol. The zero-order chi connectivity index (χ0) is 22.2. The third-order valence-electron chi connectivity index (χ3n) is 6.15. The number of carbonyl (C=O) groups excluding carboxylic acids is 1. The Bertz CT molecular complexity index is 1140. The Morgan fingerprint density at radius 3 is 2.34 bits per heavy atom. The molecule has 1 amide bonds. The van der Waals surface area contributed by atoms with Crippen molar-refractivity contribution in [2.75, 3.05) is 62.3 Å². The molecule has 2 aromatic heterocycles. The Morgan fingerprint density at radius 1 is 0.969 bits per heavy atom. The first-order chi connectivity index (χ1) is 15.5. The fraction of sp³-hybridized carbons (Fsp3) is 0.435. The molecule has 32 heavy (non-hydrogen) atoms. The molecule has 2 fully saturated rings. The molecular formula is C23H26FN5O2S. The molecule has 0 radical (unpaired) electrons. The highest BCUT2D eigenvalue weighted by Crippen LogP contribution is 2.36. The van der Waals surface area contributed by atoms with E-state index in [-0.39, 0.29) is 11.7 Å². The van der Waals surface area contributed by atoms with Gasteiger partial charge in [-0.15, -0.1) is 11.3 Å². The molecule has 3 aromatic rings. The normalized spacial score (nSPS) is 17.3. The fourth-order valence-corrected chi connectivity index (χ4v) is 5.58. The number of aromatic nitrogens is 2. The number of morpholine rings is 1. The predicted molar refractivity (Wildman–Crippen MR) is 124 cm³/mol. The summed E-state index contributed by atoms with van der Waals surface area (Å²) in [7, 11) is 0. The second-order valence-corrected chi connectivity index (χ2v) is 9.18. The highest BCUT2D eigenvalue weighted by molar-refractivity contribution is 7.20. The molecule has 4 heterocycles. The molecule has 9 heteroatoms.